The highest BCUT2D eigenvalue weighted by Gasteiger charge is 2.24. The first kappa shape index (κ1) is 15.0. The summed E-state index contributed by atoms with van der Waals surface area (Å²) < 4.78 is 0. The molecule has 4 nitrogen and oxygen atoms in total. The summed E-state index contributed by atoms with van der Waals surface area (Å²) in [4.78, 5) is 13.5. The predicted molar refractivity (Wildman–Crippen MR) is 81.2 cm³/mol. The van der Waals surface area contributed by atoms with Crippen LogP contribution in [0.1, 0.15) is 35.6 Å². The Bertz CT molecular complexity index is 479. The van der Waals surface area contributed by atoms with Crippen molar-refractivity contribution in [2.75, 3.05) is 19.6 Å². The van der Waals surface area contributed by atoms with Crippen molar-refractivity contribution in [3.8, 4) is 0 Å². The van der Waals surface area contributed by atoms with E-state index in [1.807, 2.05) is 0 Å². The molecule has 1 saturated heterocycles. The third-order valence-electron chi connectivity index (χ3n) is 4.40. The Hall–Kier alpha value is -1.39. The maximum atomic E-state index is 11.2. The standard InChI is InChI=1S/C16H25N3O/c1-11-3-4-14(9-12(11)2)15(17)10-19-7-5-13(6-8-19)16(18)20/h3-4,9,13,15H,5-8,10,17H2,1-2H3,(H2,18,20). The molecule has 1 aliphatic heterocycles. The fourth-order valence-corrected chi connectivity index (χ4v) is 2.78. The normalized spacial score (nSPS) is 18.9. The van der Waals surface area contributed by atoms with E-state index >= 15 is 0 Å². The fourth-order valence-electron chi connectivity index (χ4n) is 2.78. The summed E-state index contributed by atoms with van der Waals surface area (Å²) in [5.74, 6) is -0.118. The molecule has 1 heterocycles. The van der Waals surface area contributed by atoms with E-state index in [4.69, 9.17) is 11.5 Å². The number of primary amides is 1. The number of nitrogens with zero attached hydrogens (tertiary/aromatic N) is 1. The quantitative estimate of drug-likeness (QED) is 0.874. The highest BCUT2D eigenvalue weighted by atomic mass is 16.1. The molecule has 4 N–H and O–H groups in total. The molecule has 0 bridgehead atoms. The topological polar surface area (TPSA) is 72.3 Å². The number of hydrogen-bond acceptors (Lipinski definition) is 3. The van der Waals surface area contributed by atoms with E-state index < -0.39 is 0 Å². The summed E-state index contributed by atoms with van der Waals surface area (Å²) in [6.45, 7) is 6.88. The number of aryl methyl sites for hydroxylation is 2. The Morgan fingerprint density at radius 3 is 2.50 bits per heavy atom. The van der Waals surface area contributed by atoms with Gasteiger partial charge >= 0.3 is 0 Å². The molecule has 1 amide bonds. The highest BCUT2D eigenvalue weighted by Crippen LogP contribution is 2.20. The molecule has 1 aromatic rings. The molecule has 0 saturated carbocycles. The number of carbonyl (C=O) groups excluding carboxylic acids is 1. The van der Waals surface area contributed by atoms with Gasteiger partial charge in [0.1, 0.15) is 0 Å². The average Bonchev–Trinajstić information content (AvgIpc) is 2.42. The van der Waals surface area contributed by atoms with E-state index in [1.54, 1.807) is 0 Å². The van der Waals surface area contributed by atoms with Crippen LogP contribution in [-0.2, 0) is 4.79 Å². The van der Waals surface area contributed by atoms with E-state index in [2.05, 4.69) is 36.9 Å². The Labute approximate surface area is 121 Å². The molecule has 1 unspecified atom stereocenters. The number of amides is 1. The zero-order chi connectivity index (χ0) is 14.7. The number of hydrogen-bond donors (Lipinski definition) is 2. The molecule has 4 heteroatoms. The lowest BCUT2D eigenvalue weighted by atomic mass is 9.95. The second kappa shape index (κ2) is 6.37. The van der Waals surface area contributed by atoms with Gasteiger partial charge in [-0.25, -0.2) is 0 Å². The van der Waals surface area contributed by atoms with E-state index in [0.29, 0.717) is 0 Å². The highest BCUT2D eigenvalue weighted by molar-refractivity contribution is 5.76. The second-order valence-corrected chi connectivity index (χ2v) is 5.93. The summed E-state index contributed by atoms with van der Waals surface area (Å²) in [7, 11) is 0. The molecular formula is C16H25N3O. The SMILES string of the molecule is Cc1ccc(C(N)CN2CCC(C(N)=O)CC2)cc1C. The number of nitrogens with two attached hydrogens (primary N) is 2. The molecule has 0 spiro atoms. The number of piperidine rings is 1. The monoisotopic (exact) mass is 275 g/mol. The number of benzene rings is 1. The van der Waals surface area contributed by atoms with E-state index in [9.17, 15) is 4.79 Å². The van der Waals surface area contributed by atoms with Crippen LogP contribution < -0.4 is 11.5 Å². The van der Waals surface area contributed by atoms with Crippen molar-refractivity contribution in [1.29, 1.82) is 0 Å². The third kappa shape index (κ3) is 3.58. The van der Waals surface area contributed by atoms with E-state index in [0.717, 1.165) is 32.5 Å². The van der Waals surface area contributed by atoms with Crippen LogP contribution in [0.3, 0.4) is 0 Å². The van der Waals surface area contributed by atoms with Crippen molar-refractivity contribution in [3.63, 3.8) is 0 Å². The smallest absolute Gasteiger partial charge is 0.220 e. The summed E-state index contributed by atoms with van der Waals surface area (Å²) in [6.07, 6.45) is 1.71. The van der Waals surface area contributed by atoms with Crippen LogP contribution in [-0.4, -0.2) is 30.4 Å². The van der Waals surface area contributed by atoms with Gasteiger partial charge in [-0.2, -0.15) is 0 Å². The van der Waals surface area contributed by atoms with Crippen LogP contribution in [0.25, 0.3) is 0 Å². The molecular weight excluding hydrogens is 250 g/mol. The lowest BCUT2D eigenvalue weighted by Crippen LogP contribution is -2.41. The summed E-state index contributed by atoms with van der Waals surface area (Å²) in [5, 5.41) is 0. The Morgan fingerprint density at radius 2 is 1.95 bits per heavy atom. The number of carbonyl (C=O) groups is 1. The average molecular weight is 275 g/mol. The molecule has 1 atom stereocenters. The van der Waals surface area contributed by atoms with Gasteiger partial charge in [0.2, 0.25) is 5.91 Å². The van der Waals surface area contributed by atoms with Crippen molar-refractivity contribution in [2.45, 2.75) is 32.7 Å². The minimum Gasteiger partial charge on any atom is -0.369 e. The molecule has 2 rings (SSSR count). The molecule has 0 radical (unpaired) electrons. The summed E-state index contributed by atoms with van der Waals surface area (Å²) in [6, 6.07) is 6.45. The van der Waals surface area contributed by atoms with E-state index in [1.165, 1.54) is 16.7 Å². The first-order valence-corrected chi connectivity index (χ1v) is 7.31. The van der Waals surface area contributed by atoms with Gasteiger partial charge in [-0.3, -0.25) is 4.79 Å². The first-order valence-electron chi connectivity index (χ1n) is 7.31. The first-order chi connectivity index (χ1) is 9.47. The fraction of sp³-hybridized carbons (Fsp3) is 0.562. The third-order valence-corrected chi connectivity index (χ3v) is 4.40. The summed E-state index contributed by atoms with van der Waals surface area (Å²) >= 11 is 0. The second-order valence-electron chi connectivity index (χ2n) is 5.93. The minimum absolute atomic E-state index is 0.0272. The van der Waals surface area contributed by atoms with Gasteiger partial charge in [0.15, 0.2) is 0 Å². The molecule has 110 valence electrons. The summed E-state index contributed by atoms with van der Waals surface area (Å²) in [5.41, 5.74) is 15.4. The lowest BCUT2D eigenvalue weighted by molar-refractivity contribution is -0.123. The van der Waals surface area contributed by atoms with Gasteiger partial charge in [-0.1, -0.05) is 18.2 Å². The molecule has 1 aliphatic rings. The predicted octanol–water partition coefficient (Wildman–Crippen LogP) is 1.50. The Morgan fingerprint density at radius 1 is 1.30 bits per heavy atom. The van der Waals surface area contributed by atoms with Crippen LogP contribution in [0.5, 0.6) is 0 Å². The van der Waals surface area contributed by atoms with Crippen LogP contribution in [0.15, 0.2) is 18.2 Å². The van der Waals surface area contributed by atoms with Crippen LogP contribution in [0.2, 0.25) is 0 Å². The van der Waals surface area contributed by atoms with Crippen molar-refractivity contribution in [3.05, 3.63) is 34.9 Å². The zero-order valence-corrected chi connectivity index (χ0v) is 12.4. The lowest BCUT2D eigenvalue weighted by Gasteiger charge is -2.32. The Kier molecular flexibility index (Phi) is 4.78. The van der Waals surface area contributed by atoms with Gasteiger partial charge < -0.3 is 16.4 Å². The number of rotatable bonds is 4. The molecule has 20 heavy (non-hydrogen) atoms. The largest absolute Gasteiger partial charge is 0.369 e. The Balaban J connectivity index is 1.90. The van der Waals surface area contributed by atoms with Crippen molar-refractivity contribution < 1.29 is 4.79 Å². The molecule has 1 fully saturated rings. The van der Waals surface area contributed by atoms with Gasteiger partial charge in [-0.15, -0.1) is 0 Å². The number of likely N-dealkylation sites (tertiary alicyclic amines) is 1. The minimum atomic E-state index is -0.164. The van der Waals surface area contributed by atoms with Crippen molar-refractivity contribution >= 4 is 5.91 Å². The van der Waals surface area contributed by atoms with Crippen molar-refractivity contribution in [1.82, 2.24) is 4.90 Å². The maximum absolute atomic E-state index is 11.2. The molecule has 0 aliphatic carbocycles. The van der Waals surface area contributed by atoms with Crippen molar-refractivity contribution in [2.24, 2.45) is 17.4 Å². The van der Waals surface area contributed by atoms with Crippen LogP contribution >= 0.6 is 0 Å². The van der Waals surface area contributed by atoms with Crippen LogP contribution in [0, 0.1) is 19.8 Å². The van der Waals surface area contributed by atoms with Gasteiger partial charge in [0.25, 0.3) is 0 Å². The zero-order valence-electron chi connectivity index (χ0n) is 12.4. The van der Waals surface area contributed by atoms with E-state index in [-0.39, 0.29) is 17.9 Å². The van der Waals surface area contributed by atoms with Crippen LogP contribution in [0.4, 0.5) is 0 Å². The van der Waals surface area contributed by atoms with Gasteiger partial charge in [-0.05, 0) is 56.5 Å². The molecule has 1 aromatic carbocycles. The van der Waals surface area contributed by atoms with Gasteiger partial charge in [0.05, 0.1) is 0 Å². The van der Waals surface area contributed by atoms with Gasteiger partial charge in [0, 0.05) is 18.5 Å². The molecule has 0 aromatic heterocycles. The maximum Gasteiger partial charge on any atom is 0.220 e.